The summed E-state index contributed by atoms with van der Waals surface area (Å²) in [5.41, 5.74) is 0.665. The van der Waals surface area contributed by atoms with E-state index < -0.39 is 11.4 Å². The molecule has 1 aromatic carbocycles. The molecule has 3 nitrogen and oxygen atoms in total. The highest BCUT2D eigenvalue weighted by atomic mass is 19.1. The number of aliphatic carboxylic acids is 1. The Morgan fingerprint density at radius 2 is 2.12 bits per heavy atom. The van der Waals surface area contributed by atoms with Crippen LogP contribution in [0.5, 0.6) is 0 Å². The molecule has 0 aliphatic heterocycles. The molecule has 0 saturated carbocycles. The minimum Gasteiger partial charge on any atom is -0.481 e. The maximum atomic E-state index is 13.0. The summed E-state index contributed by atoms with van der Waals surface area (Å²) in [6.45, 7) is 3.34. The van der Waals surface area contributed by atoms with Crippen molar-refractivity contribution in [2.75, 3.05) is 0 Å². The van der Waals surface area contributed by atoms with Gasteiger partial charge in [-0.05, 0) is 43.5 Å². The second kappa shape index (κ2) is 3.87. The van der Waals surface area contributed by atoms with E-state index in [9.17, 15) is 9.18 Å². The molecular weight excluding hydrogens is 221 g/mol. The minimum absolute atomic E-state index is 0.302. The normalized spacial score (nSPS) is 11.9. The van der Waals surface area contributed by atoms with Crippen LogP contribution in [0, 0.1) is 11.2 Å². The third-order valence-electron chi connectivity index (χ3n) is 2.85. The average molecular weight is 235 g/mol. The number of aromatic amines is 1. The Bertz CT molecular complexity index is 572. The van der Waals surface area contributed by atoms with E-state index in [0.717, 1.165) is 11.1 Å². The van der Waals surface area contributed by atoms with Crippen LogP contribution < -0.4 is 0 Å². The summed E-state index contributed by atoms with van der Waals surface area (Å²) in [7, 11) is 0. The van der Waals surface area contributed by atoms with Gasteiger partial charge in [0.05, 0.1) is 5.41 Å². The average Bonchev–Trinajstić information content (AvgIpc) is 2.57. The van der Waals surface area contributed by atoms with Gasteiger partial charge in [-0.25, -0.2) is 4.39 Å². The number of nitrogens with one attached hydrogen (secondary N) is 1. The fourth-order valence-electron chi connectivity index (χ4n) is 1.81. The van der Waals surface area contributed by atoms with E-state index in [0.29, 0.717) is 11.9 Å². The number of aromatic nitrogens is 1. The molecular formula is C13H14FNO2. The molecule has 0 atom stereocenters. The van der Waals surface area contributed by atoms with Gasteiger partial charge in [0, 0.05) is 17.6 Å². The van der Waals surface area contributed by atoms with Crippen molar-refractivity contribution < 1.29 is 14.3 Å². The van der Waals surface area contributed by atoms with E-state index in [2.05, 4.69) is 4.98 Å². The lowest BCUT2D eigenvalue weighted by Crippen LogP contribution is -2.26. The van der Waals surface area contributed by atoms with Crippen LogP contribution in [-0.4, -0.2) is 16.1 Å². The first-order chi connectivity index (χ1) is 7.88. The largest absolute Gasteiger partial charge is 0.481 e. The Morgan fingerprint density at radius 3 is 2.76 bits per heavy atom. The van der Waals surface area contributed by atoms with Crippen LogP contribution in [0.1, 0.15) is 19.5 Å². The smallest absolute Gasteiger partial charge is 0.309 e. The van der Waals surface area contributed by atoms with E-state index in [1.807, 2.05) is 6.07 Å². The molecule has 0 aliphatic rings. The molecule has 1 heterocycles. The quantitative estimate of drug-likeness (QED) is 0.859. The third kappa shape index (κ3) is 2.30. The molecule has 0 spiro atoms. The van der Waals surface area contributed by atoms with Gasteiger partial charge in [-0.1, -0.05) is 0 Å². The van der Waals surface area contributed by atoms with Gasteiger partial charge in [-0.3, -0.25) is 4.79 Å². The minimum atomic E-state index is -0.845. The van der Waals surface area contributed by atoms with Crippen molar-refractivity contribution in [2.45, 2.75) is 20.3 Å². The zero-order valence-electron chi connectivity index (χ0n) is 9.75. The summed E-state index contributed by atoms with van der Waals surface area (Å²) >= 11 is 0. The SMILES string of the molecule is CC(C)(Cc1cc2ccc(F)cc2[nH]1)C(=O)O. The topological polar surface area (TPSA) is 53.1 Å². The van der Waals surface area contributed by atoms with Crippen LogP contribution in [0.3, 0.4) is 0 Å². The van der Waals surface area contributed by atoms with Crippen molar-refractivity contribution in [3.05, 3.63) is 35.8 Å². The van der Waals surface area contributed by atoms with E-state index >= 15 is 0 Å². The molecule has 0 amide bonds. The number of halogens is 1. The zero-order valence-corrected chi connectivity index (χ0v) is 9.75. The molecule has 0 unspecified atom stereocenters. The van der Waals surface area contributed by atoms with Gasteiger partial charge in [0.25, 0.3) is 0 Å². The Labute approximate surface area is 98.3 Å². The summed E-state index contributed by atoms with van der Waals surface area (Å²) in [6, 6.07) is 6.34. The van der Waals surface area contributed by atoms with Gasteiger partial charge < -0.3 is 10.1 Å². The number of hydrogen-bond donors (Lipinski definition) is 2. The molecule has 2 aromatic rings. The standard InChI is InChI=1S/C13H14FNO2/c1-13(2,12(16)17)7-10-5-8-3-4-9(14)6-11(8)15-10/h3-6,15H,7H2,1-2H3,(H,16,17). The summed E-state index contributed by atoms with van der Waals surface area (Å²) < 4.78 is 13.0. The van der Waals surface area contributed by atoms with Crippen LogP contribution in [-0.2, 0) is 11.2 Å². The highest BCUT2D eigenvalue weighted by Gasteiger charge is 2.27. The predicted molar refractivity (Wildman–Crippen MR) is 63.4 cm³/mol. The summed E-state index contributed by atoms with van der Waals surface area (Å²) in [5, 5.41) is 9.94. The number of carboxylic acid groups (broad SMARTS) is 1. The van der Waals surface area contributed by atoms with Crippen LogP contribution in [0.15, 0.2) is 24.3 Å². The fraction of sp³-hybridized carbons (Fsp3) is 0.308. The van der Waals surface area contributed by atoms with Gasteiger partial charge in [0.2, 0.25) is 0 Å². The molecule has 2 N–H and O–H groups in total. The van der Waals surface area contributed by atoms with Gasteiger partial charge in [-0.15, -0.1) is 0 Å². The first-order valence-corrected chi connectivity index (χ1v) is 5.39. The molecule has 0 saturated heterocycles. The van der Waals surface area contributed by atoms with E-state index in [4.69, 9.17) is 5.11 Å². The van der Waals surface area contributed by atoms with Crippen molar-refractivity contribution in [1.29, 1.82) is 0 Å². The molecule has 1 aromatic heterocycles. The van der Waals surface area contributed by atoms with E-state index in [-0.39, 0.29) is 5.82 Å². The Hall–Kier alpha value is -1.84. The monoisotopic (exact) mass is 235 g/mol. The molecule has 4 heteroatoms. The maximum Gasteiger partial charge on any atom is 0.309 e. The van der Waals surface area contributed by atoms with E-state index in [1.54, 1.807) is 19.9 Å². The van der Waals surface area contributed by atoms with E-state index in [1.165, 1.54) is 12.1 Å². The molecule has 0 fully saturated rings. The number of H-pyrrole nitrogens is 1. The Morgan fingerprint density at radius 1 is 1.41 bits per heavy atom. The van der Waals surface area contributed by atoms with Gasteiger partial charge in [0.1, 0.15) is 5.82 Å². The number of hydrogen-bond acceptors (Lipinski definition) is 1. The van der Waals surface area contributed by atoms with Crippen LogP contribution >= 0.6 is 0 Å². The molecule has 17 heavy (non-hydrogen) atoms. The lowest BCUT2D eigenvalue weighted by Gasteiger charge is -2.17. The summed E-state index contributed by atoms with van der Waals surface area (Å²) in [6.07, 6.45) is 0.388. The lowest BCUT2D eigenvalue weighted by molar-refractivity contribution is -0.146. The molecule has 0 radical (unpaired) electrons. The number of carboxylic acids is 1. The van der Waals surface area contributed by atoms with Crippen molar-refractivity contribution in [3.63, 3.8) is 0 Å². The maximum absolute atomic E-state index is 13.0. The van der Waals surface area contributed by atoms with Crippen LogP contribution in [0.2, 0.25) is 0 Å². The molecule has 2 rings (SSSR count). The van der Waals surface area contributed by atoms with Crippen molar-refractivity contribution in [3.8, 4) is 0 Å². The van der Waals surface area contributed by atoms with Crippen LogP contribution in [0.4, 0.5) is 4.39 Å². The van der Waals surface area contributed by atoms with Crippen molar-refractivity contribution >= 4 is 16.9 Å². The van der Waals surface area contributed by atoms with Crippen molar-refractivity contribution in [2.24, 2.45) is 5.41 Å². The summed E-state index contributed by atoms with van der Waals surface area (Å²) in [4.78, 5) is 14.1. The third-order valence-corrected chi connectivity index (χ3v) is 2.85. The molecule has 0 bridgehead atoms. The second-order valence-electron chi connectivity index (χ2n) is 4.89. The Kier molecular flexibility index (Phi) is 2.65. The highest BCUT2D eigenvalue weighted by molar-refractivity contribution is 5.81. The number of rotatable bonds is 3. The molecule has 0 aliphatic carbocycles. The number of fused-ring (bicyclic) bond motifs is 1. The first kappa shape index (κ1) is 11.6. The first-order valence-electron chi connectivity index (χ1n) is 5.39. The van der Waals surface area contributed by atoms with Crippen molar-refractivity contribution in [1.82, 2.24) is 4.98 Å². The van der Waals surface area contributed by atoms with Gasteiger partial charge >= 0.3 is 5.97 Å². The van der Waals surface area contributed by atoms with Gasteiger partial charge in [0.15, 0.2) is 0 Å². The number of carbonyl (C=O) groups is 1. The molecule has 90 valence electrons. The Balaban J connectivity index is 2.34. The zero-order chi connectivity index (χ0) is 12.6. The van der Waals surface area contributed by atoms with Crippen LogP contribution in [0.25, 0.3) is 10.9 Å². The highest BCUT2D eigenvalue weighted by Crippen LogP contribution is 2.24. The van der Waals surface area contributed by atoms with Gasteiger partial charge in [-0.2, -0.15) is 0 Å². The lowest BCUT2D eigenvalue weighted by atomic mass is 9.88. The fourth-order valence-corrected chi connectivity index (χ4v) is 1.81. The summed E-state index contributed by atoms with van der Waals surface area (Å²) in [5.74, 6) is -1.15. The second-order valence-corrected chi connectivity index (χ2v) is 4.89. The predicted octanol–water partition coefficient (Wildman–Crippen LogP) is 2.96. The number of benzene rings is 1.